The minimum Gasteiger partial charge on any atom is -0.346 e. The highest BCUT2D eigenvalue weighted by Crippen LogP contribution is 2.65. The van der Waals surface area contributed by atoms with Crippen LogP contribution < -0.4 is 21.3 Å². The van der Waals surface area contributed by atoms with Crippen molar-refractivity contribution in [1.29, 1.82) is 0 Å². The molecule has 4 N–H and O–H groups in total. The van der Waals surface area contributed by atoms with Crippen molar-refractivity contribution in [3.8, 4) is 0 Å². The summed E-state index contributed by atoms with van der Waals surface area (Å²) in [6, 6.07) is -4.16. The molecule has 2 aliphatic carbocycles. The first-order valence-corrected chi connectivity index (χ1v) is 18.9. The molecular weight excluding hydrogens is 648 g/mol. The van der Waals surface area contributed by atoms with E-state index in [4.69, 9.17) is 0 Å². The van der Waals surface area contributed by atoms with E-state index < -0.39 is 79.8 Å². The van der Waals surface area contributed by atoms with Gasteiger partial charge in [0, 0.05) is 32.7 Å². The Kier molecular flexibility index (Phi) is 12.1. The van der Waals surface area contributed by atoms with E-state index in [2.05, 4.69) is 41.7 Å². The second-order valence-corrected chi connectivity index (χ2v) is 19.8. The van der Waals surface area contributed by atoms with Gasteiger partial charge in [0.2, 0.25) is 27.6 Å². The Morgan fingerprint density at radius 1 is 0.980 bits per heavy atom. The van der Waals surface area contributed by atoms with Gasteiger partial charge in [-0.3, -0.25) is 19.2 Å². The van der Waals surface area contributed by atoms with Gasteiger partial charge in [-0.2, -0.15) is 0 Å². The molecule has 49 heavy (non-hydrogen) atoms. The molecule has 6 atom stereocenters. The van der Waals surface area contributed by atoms with E-state index in [0.29, 0.717) is 13.0 Å². The van der Waals surface area contributed by atoms with Gasteiger partial charge in [0.1, 0.15) is 12.1 Å². The zero-order chi connectivity index (χ0) is 37.4. The van der Waals surface area contributed by atoms with Gasteiger partial charge in [-0.25, -0.2) is 17.5 Å². The van der Waals surface area contributed by atoms with Crippen molar-refractivity contribution in [2.24, 2.45) is 34.0 Å². The molecule has 0 aromatic heterocycles. The number of amides is 5. The van der Waals surface area contributed by atoms with Crippen molar-refractivity contribution in [1.82, 2.24) is 30.5 Å². The number of likely N-dealkylation sites (N-methyl/N-ethyl adjacent to an activating group) is 1. The van der Waals surface area contributed by atoms with Gasteiger partial charge in [-0.15, -0.1) is 6.58 Å². The minimum absolute atomic E-state index is 0.0325. The van der Waals surface area contributed by atoms with Gasteiger partial charge in [0.15, 0.2) is 0 Å². The van der Waals surface area contributed by atoms with Crippen molar-refractivity contribution < 1.29 is 32.4 Å². The third-order valence-corrected chi connectivity index (χ3v) is 12.7. The largest absolute Gasteiger partial charge is 0.346 e. The lowest BCUT2D eigenvalue weighted by molar-refractivity contribution is -0.145. The second kappa shape index (κ2) is 14.7. The molecule has 0 bridgehead atoms. The average Bonchev–Trinajstić information content (AvgIpc) is 3.83. The van der Waals surface area contributed by atoms with Gasteiger partial charge >= 0.3 is 6.03 Å². The highest BCUT2D eigenvalue weighted by molar-refractivity contribution is 7.89. The van der Waals surface area contributed by atoms with Crippen molar-refractivity contribution in [3.63, 3.8) is 0 Å². The number of carbonyl (C=O) groups is 5. The molecule has 3 fully saturated rings. The van der Waals surface area contributed by atoms with Crippen LogP contribution in [0.2, 0.25) is 0 Å². The molecule has 3 aliphatic rings. The van der Waals surface area contributed by atoms with Crippen LogP contribution in [0.1, 0.15) is 88.5 Å². The maximum atomic E-state index is 14.4. The van der Waals surface area contributed by atoms with E-state index in [9.17, 15) is 32.4 Å². The molecule has 0 aromatic carbocycles. The van der Waals surface area contributed by atoms with Crippen molar-refractivity contribution in [3.05, 3.63) is 12.7 Å². The van der Waals surface area contributed by atoms with Gasteiger partial charge < -0.3 is 26.2 Å². The summed E-state index contributed by atoms with van der Waals surface area (Å²) in [5.41, 5.74) is -1.50. The van der Waals surface area contributed by atoms with E-state index in [-0.39, 0.29) is 36.3 Å². The molecule has 2 saturated carbocycles. The number of rotatable bonds is 15. The van der Waals surface area contributed by atoms with Crippen molar-refractivity contribution >= 4 is 39.6 Å². The first-order chi connectivity index (χ1) is 22.3. The summed E-state index contributed by atoms with van der Waals surface area (Å²) in [4.78, 5) is 69.3. The molecule has 1 unspecified atom stereocenters. The fraction of sp³-hybridized carbons (Fsp3) is 0.800. The Balaban J connectivity index is 1.83. The number of piperidine rings is 1. The smallest absolute Gasteiger partial charge is 0.315 e. The zero-order valence-electron chi connectivity index (χ0n) is 31.3. The van der Waals surface area contributed by atoms with E-state index in [0.717, 1.165) is 12.8 Å². The molecule has 5 amide bonds. The third-order valence-electron chi connectivity index (χ3n) is 10.5. The number of nitrogens with one attached hydrogen (secondary N) is 4. The van der Waals surface area contributed by atoms with E-state index in [1.165, 1.54) is 22.3 Å². The van der Waals surface area contributed by atoms with Gasteiger partial charge in [-0.1, -0.05) is 74.3 Å². The molecule has 0 aromatic rings. The predicted molar refractivity (Wildman–Crippen MR) is 189 cm³/mol. The first-order valence-electron chi connectivity index (χ1n) is 17.4. The van der Waals surface area contributed by atoms with Crippen LogP contribution in [0.25, 0.3) is 0 Å². The lowest BCUT2D eigenvalue weighted by atomic mass is 9.85. The number of Topliss-reactive ketones (excluding diaryl/α,β-unsaturated/α-hetero) is 1. The van der Waals surface area contributed by atoms with Crippen LogP contribution in [0.15, 0.2) is 12.7 Å². The summed E-state index contributed by atoms with van der Waals surface area (Å²) in [6.07, 6.45) is 3.65. The van der Waals surface area contributed by atoms with Crippen LogP contribution in [0.4, 0.5) is 4.79 Å². The number of sulfonamides is 1. The molecule has 3 rings (SSSR count). The van der Waals surface area contributed by atoms with Gasteiger partial charge in [-0.05, 0) is 54.3 Å². The van der Waals surface area contributed by atoms with Crippen molar-refractivity contribution in [2.45, 2.75) is 118 Å². The quantitative estimate of drug-likeness (QED) is 0.149. The SMILES string of the molecule is C=CCNC(=O)C(=O)C(CC1CC1)NC(=O)[C@@H]1[C@@H]2[C@H](CN1C(=O)[C@@H](NC(=O)N[C@H](CN(C)S(=O)(=O)C(C)C)C(C)(C)C)C(C)(C)C)C2(C)C. The van der Waals surface area contributed by atoms with E-state index in [1.54, 1.807) is 13.8 Å². The lowest BCUT2D eigenvalue weighted by Crippen LogP contribution is -2.62. The lowest BCUT2D eigenvalue weighted by Gasteiger charge is -2.39. The fourth-order valence-electron chi connectivity index (χ4n) is 6.80. The van der Waals surface area contributed by atoms with Crippen LogP contribution >= 0.6 is 0 Å². The Morgan fingerprint density at radius 3 is 2.06 bits per heavy atom. The number of nitrogens with zero attached hydrogens (tertiary/aromatic N) is 2. The molecule has 14 heteroatoms. The highest BCUT2D eigenvalue weighted by Gasteiger charge is 2.70. The van der Waals surface area contributed by atoms with Crippen LogP contribution in [0.5, 0.6) is 0 Å². The fourth-order valence-corrected chi connectivity index (χ4v) is 7.88. The van der Waals surface area contributed by atoms with E-state index in [1.807, 2.05) is 41.5 Å². The normalized spacial score (nSPS) is 23.6. The van der Waals surface area contributed by atoms with Crippen LogP contribution in [-0.4, -0.2) is 103 Å². The maximum absolute atomic E-state index is 14.4. The predicted octanol–water partition coefficient (Wildman–Crippen LogP) is 2.42. The Labute approximate surface area is 293 Å². The molecule has 1 heterocycles. The molecular formula is C35H60N6O7S. The number of fused-ring (bicyclic) bond motifs is 1. The second-order valence-electron chi connectivity index (χ2n) is 17.2. The Bertz CT molecular complexity index is 1410. The number of carbonyl (C=O) groups excluding carboxylic acids is 5. The van der Waals surface area contributed by atoms with Crippen LogP contribution in [0.3, 0.4) is 0 Å². The summed E-state index contributed by atoms with van der Waals surface area (Å²) in [7, 11) is -2.09. The summed E-state index contributed by atoms with van der Waals surface area (Å²) in [5, 5.41) is 10.5. The number of urea groups is 1. The average molecular weight is 709 g/mol. The van der Waals surface area contributed by atoms with E-state index >= 15 is 0 Å². The van der Waals surface area contributed by atoms with Gasteiger partial charge in [0.05, 0.1) is 11.3 Å². The summed E-state index contributed by atoms with van der Waals surface area (Å²) < 4.78 is 26.8. The minimum atomic E-state index is -3.57. The summed E-state index contributed by atoms with van der Waals surface area (Å²) >= 11 is 0. The van der Waals surface area contributed by atoms with Crippen LogP contribution in [-0.2, 0) is 29.2 Å². The molecule has 0 spiro atoms. The number of likely N-dealkylation sites (tertiary alicyclic amines) is 1. The molecule has 1 aliphatic heterocycles. The first kappa shape index (κ1) is 40.4. The van der Waals surface area contributed by atoms with Crippen molar-refractivity contribution in [2.75, 3.05) is 26.7 Å². The number of ketones is 1. The topological polar surface area (TPSA) is 174 Å². The van der Waals surface area contributed by atoms with Crippen LogP contribution in [0, 0.1) is 34.0 Å². The molecule has 1 saturated heterocycles. The number of hydrogen-bond donors (Lipinski definition) is 4. The monoisotopic (exact) mass is 708 g/mol. The molecule has 13 nitrogen and oxygen atoms in total. The maximum Gasteiger partial charge on any atom is 0.315 e. The zero-order valence-corrected chi connectivity index (χ0v) is 32.1. The Morgan fingerprint density at radius 2 is 1.57 bits per heavy atom. The van der Waals surface area contributed by atoms with Gasteiger partial charge in [0.25, 0.3) is 5.91 Å². The highest BCUT2D eigenvalue weighted by atomic mass is 32.2. The summed E-state index contributed by atoms with van der Waals surface area (Å²) in [5.74, 6) is -2.29. The standard InChI is InChI=1S/C35H60N6O7S/c1-13-16-36-30(44)27(42)23(17-21-14-15-21)37-29(43)26-25-22(35(25,10)11)18-41(26)31(45)28(34(7,8)9)39-32(46)38-24(33(4,5)6)19-40(12)49(47,48)20(2)3/h13,20-26,28H,1,14-19H2,2-12H3,(H,36,44)(H,37,43)(H2,38,39,46)/t22-,23?,24+,25-,26-,28+/m0/s1. The molecule has 0 radical (unpaired) electrons. The Hall–Kier alpha value is -3.00. The molecule has 278 valence electrons. The number of hydrogen-bond acceptors (Lipinski definition) is 7. The third kappa shape index (κ3) is 9.42. The summed E-state index contributed by atoms with van der Waals surface area (Å²) in [6.45, 7) is 22.5.